The first-order valence-electron chi connectivity index (χ1n) is 6.15. The van der Waals surface area contributed by atoms with Crippen LogP contribution in [0, 0.1) is 17.8 Å². The maximum atomic E-state index is 3.81. The second-order valence-corrected chi connectivity index (χ2v) is 5.49. The molecule has 0 spiro atoms. The molecule has 3 aliphatic carbocycles. The Labute approximate surface area is 81.3 Å². The Hall–Kier alpha value is -0.0400. The van der Waals surface area contributed by atoms with E-state index in [4.69, 9.17) is 0 Å². The zero-order valence-electron chi connectivity index (χ0n) is 8.47. The summed E-state index contributed by atoms with van der Waals surface area (Å²) >= 11 is 0. The number of rotatable bonds is 3. The highest BCUT2D eigenvalue weighted by Crippen LogP contribution is 2.44. The molecule has 74 valence electrons. The Balaban J connectivity index is 1.45. The van der Waals surface area contributed by atoms with Crippen molar-refractivity contribution >= 4 is 0 Å². The third-order valence-electron chi connectivity index (χ3n) is 4.63. The van der Waals surface area contributed by atoms with Crippen LogP contribution in [0.3, 0.4) is 0 Å². The smallest absolute Gasteiger partial charge is 0.00981 e. The van der Waals surface area contributed by atoms with Gasteiger partial charge in [-0.3, -0.25) is 0 Å². The molecule has 3 atom stereocenters. The summed E-state index contributed by atoms with van der Waals surface area (Å²) in [4.78, 5) is 0. The van der Waals surface area contributed by atoms with Crippen molar-refractivity contribution in [2.45, 2.75) is 51.0 Å². The van der Waals surface area contributed by atoms with Gasteiger partial charge in [-0.2, -0.15) is 0 Å². The maximum absolute atomic E-state index is 3.81. The van der Waals surface area contributed by atoms with E-state index in [1.165, 1.54) is 45.1 Å². The van der Waals surface area contributed by atoms with Gasteiger partial charge in [0.15, 0.2) is 0 Å². The van der Waals surface area contributed by atoms with E-state index in [2.05, 4.69) is 5.32 Å². The monoisotopic (exact) mass is 179 g/mol. The molecule has 1 nitrogen and oxygen atoms in total. The van der Waals surface area contributed by atoms with Gasteiger partial charge in [0, 0.05) is 6.04 Å². The standard InChI is InChI=1S/C12H21N/c1-2-9(3-1)8-13-12-7-10-4-5-11(12)6-10/h9-13H,1-8H2. The SMILES string of the molecule is C1CC(CNC2CC3CCC2C3)C1. The molecule has 3 saturated carbocycles. The average Bonchev–Trinajstić information content (AvgIpc) is 2.61. The number of fused-ring (bicyclic) bond motifs is 2. The van der Waals surface area contributed by atoms with Crippen LogP contribution in [0.2, 0.25) is 0 Å². The van der Waals surface area contributed by atoms with E-state index in [1.54, 1.807) is 6.42 Å². The summed E-state index contributed by atoms with van der Waals surface area (Å²) in [6.45, 7) is 1.33. The topological polar surface area (TPSA) is 12.0 Å². The van der Waals surface area contributed by atoms with Crippen LogP contribution in [-0.2, 0) is 0 Å². The van der Waals surface area contributed by atoms with Crippen LogP contribution < -0.4 is 5.32 Å². The lowest BCUT2D eigenvalue weighted by Crippen LogP contribution is -2.38. The van der Waals surface area contributed by atoms with E-state index in [9.17, 15) is 0 Å². The van der Waals surface area contributed by atoms with E-state index in [0.29, 0.717) is 0 Å². The lowest BCUT2D eigenvalue weighted by Gasteiger charge is -2.30. The van der Waals surface area contributed by atoms with Gasteiger partial charge in [-0.15, -0.1) is 0 Å². The summed E-state index contributed by atoms with van der Waals surface area (Å²) in [5.41, 5.74) is 0. The molecule has 3 fully saturated rings. The summed E-state index contributed by atoms with van der Waals surface area (Å²) in [6.07, 6.45) is 10.6. The Morgan fingerprint density at radius 3 is 2.46 bits per heavy atom. The summed E-state index contributed by atoms with van der Waals surface area (Å²) in [7, 11) is 0. The lowest BCUT2D eigenvalue weighted by atomic mass is 9.85. The van der Waals surface area contributed by atoms with Gasteiger partial charge in [-0.25, -0.2) is 0 Å². The highest BCUT2D eigenvalue weighted by Gasteiger charge is 2.39. The van der Waals surface area contributed by atoms with Gasteiger partial charge in [0.05, 0.1) is 0 Å². The molecule has 1 N–H and O–H groups in total. The molecule has 0 radical (unpaired) electrons. The van der Waals surface area contributed by atoms with E-state index in [0.717, 1.165) is 23.8 Å². The highest BCUT2D eigenvalue weighted by molar-refractivity contribution is 4.94. The van der Waals surface area contributed by atoms with Crippen LogP contribution in [0.5, 0.6) is 0 Å². The summed E-state index contributed by atoms with van der Waals surface area (Å²) in [5, 5.41) is 3.81. The second-order valence-electron chi connectivity index (χ2n) is 5.49. The fourth-order valence-electron chi connectivity index (χ4n) is 3.51. The van der Waals surface area contributed by atoms with Crippen LogP contribution >= 0.6 is 0 Å². The van der Waals surface area contributed by atoms with Crippen molar-refractivity contribution in [2.24, 2.45) is 17.8 Å². The lowest BCUT2D eigenvalue weighted by molar-refractivity contribution is 0.263. The van der Waals surface area contributed by atoms with Crippen LogP contribution in [0.1, 0.15) is 44.9 Å². The highest BCUT2D eigenvalue weighted by atomic mass is 14.9. The molecule has 3 aliphatic rings. The quantitative estimate of drug-likeness (QED) is 0.702. The van der Waals surface area contributed by atoms with Crippen molar-refractivity contribution in [3.05, 3.63) is 0 Å². The molecular formula is C12H21N. The minimum atomic E-state index is 0.916. The zero-order valence-corrected chi connectivity index (χ0v) is 8.47. The zero-order chi connectivity index (χ0) is 8.67. The molecule has 2 bridgehead atoms. The van der Waals surface area contributed by atoms with Crippen molar-refractivity contribution in [3.63, 3.8) is 0 Å². The summed E-state index contributed by atoms with van der Waals surface area (Å²) < 4.78 is 0. The van der Waals surface area contributed by atoms with E-state index < -0.39 is 0 Å². The van der Waals surface area contributed by atoms with Crippen LogP contribution in [0.15, 0.2) is 0 Å². The molecule has 0 heterocycles. The molecule has 0 saturated heterocycles. The first kappa shape index (κ1) is 8.28. The van der Waals surface area contributed by atoms with Gasteiger partial charge in [-0.1, -0.05) is 12.8 Å². The van der Waals surface area contributed by atoms with Gasteiger partial charge in [-0.05, 0) is 56.4 Å². The fraction of sp³-hybridized carbons (Fsp3) is 1.00. The number of nitrogens with one attached hydrogen (secondary N) is 1. The summed E-state index contributed by atoms with van der Waals surface area (Å²) in [6, 6.07) is 0.916. The van der Waals surface area contributed by atoms with E-state index >= 15 is 0 Å². The molecule has 0 aromatic carbocycles. The minimum absolute atomic E-state index is 0.916. The Kier molecular flexibility index (Phi) is 2.08. The third-order valence-corrected chi connectivity index (χ3v) is 4.63. The Bertz CT molecular complexity index is 186. The molecular weight excluding hydrogens is 158 g/mol. The van der Waals surface area contributed by atoms with Crippen molar-refractivity contribution in [1.82, 2.24) is 5.32 Å². The van der Waals surface area contributed by atoms with Crippen molar-refractivity contribution < 1.29 is 0 Å². The second kappa shape index (κ2) is 3.27. The Morgan fingerprint density at radius 1 is 1.00 bits per heavy atom. The van der Waals surface area contributed by atoms with Crippen molar-refractivity contribution in [1.29, 1.82) is 0 Å². The van der Waals surface area contributed by atoms with Gasteiger partial charge < -0.3 is 5.32 Å². The van der Waals surface area contributed by atoms with E-state index in [1.807, 2.05) is 0 Å². The third kappa shape index (κ3) is 1.52. The number of hydrogen-bond acceptors (Lipinski definition) is 1. The minimum Gasteiger partial charge on any atom is -0.313 e. The molecule has 0 amide bonds. The van der Waals surface area contributed by atoms with Crippen LogP contribution in [0.4, 0.5) is 0 Å². The molecule has 13 heavy (non-hydrogen) atoms. The largest absolute Gasteiger partial charge is 0.313 e. The van der Waals surface area contributed by atoms with Crippen LogP contribution in [0.25, 0.3) is 0 Å². The van der Waals surface area contributed by atoms with Gasteiger partial charge in [0.2, 0.25) is 0 Å². The van der Waals surface area contributed by atoms with Crippen molar-refractivity contribution in [3.8, 4) is 0 Å². The first-order chi connectivity index (χ1) is 6.42. The molecule has 3 rings (SSSR count). The predicted octanol–water partition coefficient (Wildman–Crippen LogP) is 2.56. The van der Waals surface area contributed by atoms with Crippen LogP contribution in [-0.4, -0.2) is 12.6 Å². The van der Waals surface area contributed by atoms with E-state index in [-0.39, 0.29) is 0 Å². The summed E-state index contributed by atoms with van der Waals surface area (Å²) in [5.74, 6) is 3.20. The maximum Gasteiger partial charge on any atom is 0.00981 e. The first-order valence-corrected chi connectivity index (χ1v) is 6.15. The predicted molar refractivity (Wildman–Crippen MR) is 54.6 cm³/mol. The van der Waals surface area contributed by atoms with Crippen molar-refractivity contribution in [2.75, 3.05) is 6.54 Å². The number of hydrogen-bond donors (Lipinski definition) is 1. The molecule has 1 heteroatoms. The molecule has 0 aromatic heterocycles. The Morgan fingerprint density at radius 2 is 1.92 bits per heavy atom. The molecule has 0 aliphatic heterocycles. The van der Waals surface area contributed by atoms with Gasteiger partial charge in [0.1, 0.15) is 0 Å². The normalized spacial score (nSPS) is 43.8. The molecule has 0 aromatic rings. The average molecular weight is 179 g/mol. The van der Waals surface area contributed by atoms with Gasteiger partial charge in [0.25, 0.3) is 0 Å². The fourth-order valence-corrected chi connectivity index (χ4v) is 3.51. The van der Waals surface area contributed by atoms with Gasteiger partial charge >= 0.3 is 0 Å². The molecule has 3 unspecified atom stereocenters.